The number of anilines is 1. The molecule has 2 aromatic rings. The SMILES string of the molecule is O=C(NCCCN(C(=O)O)c1ccc(S(=O)(=O)Cl)cc1)c1ccc(F)cc1. The molecule has 0 saturated carbocycles. The Balaban J connectivity index is 1.92. The number of hydrogen-bond donors (Lipinski definition) is 2. The Kier molecular flexibility index (Phi) is 6.75. The summed E-state index contributed by atoms with van der Waals surface area (Å²) >= 11 is 0. The predicted octanol–water partition coefficient (Wildman–Crippen LogP) is 3.06. The van der Waals surface area contributed by atoms with Crippen LogP contribution in [-0.4, -0.2) is 38.6 Å². The number of carbonyl (C=O) groups is 2. The van der Waals surface area contributed by atoms with E-state index in [4.69, 9.17) is 10.7 Å². The summed E-state index contributed by atoms with van der Waals surface area (Å²) < 4.78 is 35.3. The summed E-state index contributed by atoms with van der Waals surface area (Å²) in [4.78, 5) is 24.2. The molecule has 2 amide bonds. The number of rotatable bonds is 7. The molecule has 0 fully saturated rings. The van der Waals surface area contributed by atoms with Gasteiger partial charge in [-0.05, 0) is 55.0 Å². The van der Waals surface area contributed by atoms with Gasteiger partial charge in [-0.15, -0.1) is 0 Å². The van der Waals surface area contributed by atoms with Crippen molar-refractivity contribution < 1.29 is 27.5 Å². The van der Waals surface area contributed by atoms with Crippen molar-refractivity contribution in [3.63, 3.8) is 0 Å². The van der Waals surface area contributed by atoms with Gasteiger partial charge in [-0.25, -0.2) is 17.6 Å². The van der Waals surface area contributed by atoms with Crippen molar-refractivity contribution in [1.29, 1.82) is 0 Å². The average Bonchev–Trinajstić information content (AvgIpc) is 2.61. The fraction of sp³-hybridized carbons (Fsp3) is 0.176. The van der Waals surface area contributed by atoms with Gasteiger partial charge in [0.05, 0.1) is 4.90 Å². The van der Waals surface area contributed by atoms with Crippen LogP contribution in [0.4, 0.5) is 14.9 Å². The van der Waals surface area contributed by atoms with Gasteiger partial charge in [0.15, 0.2) is 0 Å². The fourth-order valence-corrected chi connectivity index (χ4v) is 3.04. The minimum absolute atomic E-state index is 0.0754. The number of nitrogens with zero attached hydrogens (tertiary/aromatic N) is 1. The molecule has 27 heavy (non-hydrogen) atoms. The molecular weight excluding hydrogens is 399 g/mol. The molecule has 2 aromatic carbocycles. The van der Waals surface area contributed by atoms with Crippen molar-refractivity contribution in [2.75, 3.05) is 18.0 Å². The molecule has 144 valence electrons. The summed E-state index contributed by atoms with van der Waals surface area (Å²) in [5.41, 5.74) is 0.570. The Labute approximate surface area is 159 Å². The highest BCUT2D eigenvalue weighted by molar-refractivity contribution is 8.13. The molecule has 0 radical (unpaired) electrons. The number of benzene rings is 2. The van der Waals surface area contributed by atoms with E-state index in [0.717, 1.165) is 4.90 Å². The molecule has 0 aliphatic rings. The third-order valence-electron chi connectivity index (χ3n) is 3.61. The van der Waals surface area contributed by atoms with Gasteiger partial charge < -0.3 is 10.4 Å². The molecule has 0 heterocycles. The minimum Gasteiger partial charge on any atom is -0.465 e. The highest BCUT2D eigenvalue weighted by Crippen LogP contribution is 2.20. The molecule has 0 spiro atoms. The zero-order valence-electron chi connectivity index (χ0n) is 13.9. The fourth-order valence-electron chi connectivity index (χ4n) is 2.27. The molecule has 10 heteroatoms. The lowest BCUT2D eigenvalue weighted by Gasteiger charge is -2.19. The van der Waals surface area contributed by atoms with Gasteiger partial charge >= 0.3 is 6.09 Å². The van der Waals surface area contributed by atoms with E-state index >= 15 is 0 Å². The van der Waals surface area contributed by atoms with Crippen LogP contribution in [-0.2, 0) is 9.05 Å². The Morgan fingerprint density at radius 1 is 1.07 bits per heavy atom. The molecule has 0 unspecified atom stereocenters. The second-order valence-electron chi connectivity index (χ2n) is 5.48. The first kappa shape index (κ1) is 20.7. The van der Waals surface area contributed by atoms with Crippen LogP contribution < -0.4 is 10.2 Å². The van der Waals surface area contributed by atoms with Crippen LogP contribution in [0.3, 0.4) is 0 Å². The summed E-state index contributed by atoms with van der Waals surface area (Å²) in [5.74, 6) is -0.842. The van der Waals surface area contributed by atoms with Gasteiger partial charge in [0.2, 0.25) is 0 Å². The highest BCUT2D eigenvalue weighted by Gasteiger charge is 2.16. The summed E-state index contributed by atoms with van der Waals surface area (Å²) in [6.45, 7) is 0.278. The lowest BCUT2D eigenvalue weighted by atomic mass is 10.2. The molecule has 2 N–H and O–H groups in total. The van der Waals surface area contributed by atoms with E-state index in [9.17, 15) is 27.5 Å². The Morgan fingerprint density at radius 2 is 1.67 bits per heavy atom. The number of amides is 2. The standard InChI is InChI=1S/C17H16ClFN2O5S/c18-27(25,26)15-8-6-14(7-9-15)21(17(23)24)11-1-10-20-16(22)12-2-4-13(19)5-3-12/h2-9H,1,10-11H2,(H,20,22)(H,23,24). The lowest BCUT2D eigenvalue weighted by molar-refractivity contribution is 0.0953. The van der Waals surface area contributed by atoms with E-state index in [-0.39, 0.29) is 23.7 Å². The number of halogens is 2. The smallest absolute Gasteiger partial charge is 0.411 e. The van der Waals surface area contributed by atoms with E-state index in [1.807, 2.05) is 0 Å². The van der Waals surface area contributed by atoms with Crippen LogP contribution >= 0.6 is 10.7 Å². The first-order chi connectivity index (χ1) is 12.7. The number of nitrogens with one attached hydrogen (secondary N) is 1. The van der Waals surface area contributed by atoms with Crippen LogP contribution in [0.2, 0.25) is 0 Å². The van der Waals surface area contributed by atoms with Crippen molar-refractivity contribution in [3.05, 3.63) is 59.9 Å². The van der Waals surface area contributed by atoms with Crippen LogP contribution in [0.15, 0.2) is 53.4 Å². The second kappa shape index (κ2) is 8.83. The maximum absolute atomic E-state index is 12.8. The lowest BCUT2D eigenvalue weighted by Crippen LogP contribution is -2.33. The maximum atomic E-state index is 12.8. The first-order valence-electron chi connectivity index (χ1n) is 7.77. The number of carboxylic acid groups (broad SMARTS) is 1. The van der Waals surface area contributed by atoms with E-state index in [2.05, 4.69) is 5.32 Å². The minimum atomic E-state index is -3.89. The van der Waals surface area contributed by atoms with Crippen LogP contribution in [0.25, 0.3) is 0 Å². The van der Waals surface area contributed by atoms with Crippen LogP contribution in [0.5, 0.6) is 0 Å². The molecule has 0 aromatic heterocycles. The largest absolute Gasteiger partial charge is 0.465 e. The zero-order valence-corrected chi connectivity index (χ0v) is 15.5. The number of hydrogen-bond acceptors (Lipinski definition) is 4. The molecular formula is C17H16ClFN2O5S. The van der Waals surface area contributed by atoms with Crippen molar-refractivity contribution in [1.82, 2.24) is 5.32 Å². The van der Waals surface area contributed by atoms with Gasteiger partial charge in [-0.1, -0.05) is 0 Å². The molecule has 2 rings (SSSR count). The molecule has 0 atom stereocenters. The Bertz CT molecular complexity index is 917. The van der Waals surface area contributed by atoms with Crippen molar-refractivity contribution in [2.45, 2.75) is 11.3 Å². The van der Waals surface area contributed by atoms with Crippen molar-refractivity contribution >= 4 is 37.4 Å². The topological polar surface area (TPSA) is 104 Å². The Morgan fingerprint density at radius 3 is 2.19 bits per heavy atom. The first-order valence-corrected chi connectivity index (χ1v) is 10.1. The molecule has 7 nitrogen and oxygen atoms in total. The molecule has 0 aliphatic carbocycles. The van der Waals surface area contributed by atoms with E-state index in [1.165, 1.54) is 48.5 Å². The van der Waals surface area contributed by atoms with E-state index in [0.29, 0.717) is 12.0 Å². The number of carbonyl (C=O) groups excluding carboxylic acids is 1. The predicted molar refractivity (Wildman–Crippen MR) is 98.2 cm³/mol. The van der Waals surface area contributed by atoms with Gasteiger partial charge in [0, 0.05) is 35.0 Å². The molecule has 0 saturated heterocycles. The van der Waals surface area contributed by atoms with Gasteiger partial charge in [-0.3, -0.25) is 9.69 Å². The third-order valence-corrected chi connectivity index (χ3v) is 4.98. The maximum Gasteiger partial charge on any atom is 0.411 e. The third kappa shape index (κ3) is 5.93. The van der Waals surface area contributed by atoms with Crippen molar-refractivity contribution in [2.24, 2.45) is 0 Å². The summed E-state index contributed by atoms with van der Waals surface area (Å²) in [7, 11) is 1.34. The molecule has 0 aliphatic heterocycles. The average molecular weight is 415 g/mol. The second-order valence-corrected chi connectivity index (χ2v) is 8.05. The monoisotopic (exact) mass is 414 g/mol. The normalized spacial score (nSPS) is 11.0. The highest BCUT2D eigenvalue weighted by atomic mass is 35.7. The van der Waals surface area contributed by atoms with Crippen LogP contribution in [0.1, 0.15) is 16.8 Å². The molecule has 0 bridgehead atoms. The quantitative estimate of drug-likeness (QED) is 0.535. The summed E-state index contributed by atoms with van der Waals surface area (Å²) in [6, 6.07) is 10.1. The zero-order chi connectivity index (χ0) is 20.0. The van der Waals surface area contributed by atoms with Gasteiger partial charge in [-0.2, -0.15) is 0 Å². The summed E-state index contributed by atoms with van der Waals surface area (Å²) in [5, 5.41) is 11.9. The van der Waals surface area contributed by atoms with E-state index < -0.39 is 26.9 Å². The van der Waals surface area contributed by atoms with Crippen LogP contribution in [0, 0.1) is 5.82 Å². The van der Waals surface area contributed by atoms with Crippen molar-refractivity contribution in [3.8, 4) is 0 Å². The summed E-state index contributed by atoms with van der Waals surface area (Å²) in [6.07, 6.45) is -0.907. The van der Waals surface area contributed by atoms with E-state index in [1.54, 1.807) is 0 Å². The van der Waals surface area contributed by atoms with Gasteiger partial charge in [0.25, 0.3) is 15.0 Å². The Hall–Kier alpha value is -2.65. The van der Waals surface area contributed by atoms with Gasteiger partial charge in [0.1, 0.15) is 5.82 Å².